The number of nitrogens with zero attached hydrogens (tertiary/aromatic N) is 3. The van der Waals surface area contributed by atoms with Crippen LogP contribution >= 0.6 is 11.3 Å². The zero-order valence-corrected chi connectivity index (χ0v) is 15.5. The van der Waals surface area contributed by atoms with Gasteiger partial charge in [-0.15, -0.1) is 11.3 Å². The summed E-state index contributed by atoms with van der Waals surface area (Å²) < 4.78 is 0. The van der Waals surface area contributed by atoms with Crippen LogP contribution < -0.4 is 10.6 Å². The number of aryl methyl sites for hydroxylation is 1. The predicted molar refractivity (Wildman–Crippen MR) is 97.3 cm³/mol. The molecule has 1 aliphatic carbocycles. The minimum absolute atomic E-state index is 0.00907. The van der Waals surface area contributed by atoms with E-state index in [1.54, 1.807) is 11.3 Å². The number of aromatic nitrogens is 1. The van der Waals surface area contributed by atoms with Gasteiger partial charge in [0.15, 0.2) is 0 Å². The first kappa shape index (κ1) is 16.9. The molecule has 0 amide bonds. The third-order valence-corrected chi connectivity index (χ3v) is 6.32. The van der Waals surface area contributed by atoms with Crippen molar-refractivity contribution in [3.63, 3.8) is 0 Å². The molecule has 1 saturated heterocycles. The zero-order valence-electron chi connectivity index (χ0n) is 14.7. The van der Waals surface area contributed by atoms with Crippen molar-refractivity contribution in [2.75, 3.05) is 24.6 Å². The van der Waals surface area contributed by atoms with E-state index < -0.39 is 0 Å². The maximum Gasteiger partial charge on any atom is 0.276 e. The third-order valence-electron chi connectivity index (χ3n) is 5.13. The number of hydrogen-bond donors (Lipinski definition) is 0. The molecule has 1 fully saturated rings. The molecule has 1 aromatic heterocycles. The molecule has 3 rings (SSSR count). The molecule has 2 heterocycles. The molecule has 0 spiro atoms. The van der Waals surface area contributed by atoms with E-state index in [0.29, 0.717) is 0 Å². The highest BCUT2D eigenvalue weighted by atomic mass is 32.1. The zero-order chi connectivity index (χ0) is 16.4. The second kappa shape index (κ2) is 6.89. The van der Waals surface area contributed by atoms with Gasteiger partial charge in [-0.05, 0) is 44.4 Å². The predicted octanol–water partition coefficient (Wildman–Crippen LogP) is 3.64. The van der Waals surface area contributed by atoms with E-state index in [-0.39, 0.29) is 11.0 Å². The lowest BCUT2D eigenvalue weighted by atomic mass is 9.77. The SMILES string of the molecule is CCN(c1nc(=O)c2c(s1)CCC(C)(C)C2)N1CCCCCC1. The highest BCUT2D eigenvalue weighted by Crippen LogP contribution is 2.36. The van der Waals surface area contributed by atoms with Crippen LogP contribution in [-0.4, -0.2) is 29.6 Å². The Morgan fingerprint density at radius 1 is 1.22 bits per heavy atom. The van der Waals surface area contributed by atoms with Crippen LogP contribution in [0.5, 0.6) is 0 Å². The number of hydrazine groups is 1. The topological polar surface area (TPSA) is 36.4 Å². The van der Waals surface area contributed by atoms with Crippen LogP contribution in [0.15, 0.2) is 4.79 Å². The summed E-state index contributed by atoms with van der Waals surface area (Å²) in [7, 11) is 0. The van der Waals surface area contributed by atoms with Gasteiger partial charge in [0.1, 0.15) is 0 Å². The van der Waals surface area contributed by atoms with Gasteiger partial charge in [-0.2, -0.15) is 4.98 Å². The van der Waals surface area contributed by atoms with Crippen molar-refractivity contribution >= 4 is 16.5 Å². The van der Waals surface area contributed by atoms with E-state index >= 15 is 0 Å². The van der Waals surface area contributed by atoms with Crippen molar-refractivity contribution in [2.24, 2.45) is 5.41 Å². The Kier molecular flexibility index (Phi) is 5.07. The van der Waals surface area contributed by atoms with Crippen molar-refractivity contribution < 1.29 is 0 Å². The molecule has 0 N–H and O–H groups in total. The number of hydrogen-bond acceptors (Lipinski definition) is 5. The fourth-order valence-corrected chi connectivity index (χ4v) is 4.91. The summed E-state index contributed by atoms with van der Waals surface area (Å²) in [6.45, 7) is 9.72. The molecule has 2 aliphatic rings. The lowest BCUT2D eigenvalue weighted by Crippen LogP contribution is -2.44. The molecular weight excluding hydrogens is 306 g/mol. The summed E-state index contributed by atoms with van der Waals surface area (Å²) in [5, 5.41) is 5.56. The van der Waals surface area contributed by atoms with Crippen LogP contribution in [0.25, 0.3) is 0 Å². The third kappa shape index (κ3) is 3.77. The van der Waals surface area contributed by atoms with Crippen molar-refractivity contribution in [1.29, 1.82) is 0 Å². The van der Waals surface area contributed by atoms with Gasteiger partial charge in [0, 0.05) is 30.1 Å². The molecule has 0 atom stereocenters. The summed E-state index contributed by atoms with van der Waals surface area (Å²) in [5.41, 5.74) is 1.22. The maximum atomic E-state index is 12.6. The Morgan fingerprint density at radius 3 is 2.57 bits per heavy atom. The van der Waals surface area contributed by atoms with Crippen LogP contribution in [0, 0.1) is 5.41 Å². The Morgan fingerprint density at radius 2 is 1.91 bits per heavy atom. The molecule has 0 aromatic carbocycles. The summed E-state index contributed by atoms with van der Waals surface area (Å²) in [4.78, 5) is 18.3. The fraction of sp³-hybridized carbons (Fsp3) is 0.778. The van der Waals surface area contributed by atoms with E-state index in [1.165, 1.54) is 30.6 Å². The minimum Gasteiger partial charge on any atom is -0.281 e. The lowest BCUT2D eigenvalue weighted by molar-refractivity contribution is 0.261. The fourth-order valence-electron chi connectivity index (χ4n) is 3.73. The smallest absolute Gasteiger partial charge is 0.276 e. The normalized spacial score (nSPS) is 21.5. The first-order chi connectivity index (χ1) is 11.0. The summed E-state index contributed by atoms with van der Waals surface area (Å²) >= 11 is 1.75. The van der Waals surface area contributed by atoms with E-state index in [4.69, 9.17) is 0 Å². The van der Waals surface area contributed by atoms with Gasteiger partial charge in [0.2, 0.25) is 5.13 Å². The van der Waals surface area contributed by atoms with Crippen molar-refractivity contribution in [3.8, 4) is 0 Å². The van der Waals surface area contributed by atoms with Crippen molar-refractivity contribution in [1.82, 2.24) is 9.99 Å². The highest BCUT2D eigenvalue weighted by molar-refractivity contribution is 7.15. The van der Waals surface area contributed by atoms with E-state index in [0.717, 1.165) is 49.6 Å². The minimum atomic E-state index is 0.00907. The second-order valence-electron chi connectivity index (χ2n) is 7.63. The summed E-state index contributed by atoms with van der Waals surface area (Å²) in [6, 6.07) is 0. The molecule has 0 bridgehead atoms. The standard InChI is InChI=1S/C18H29N3OS/c1-4-21(20-11-7-5-6-8-12-20)17-19-16(22)14-13-18(2,3)10-9-15(14)23-17/h4-13H2,1-3H3. The molecule has 1 aliphatic heterocycles. The van der Waals surface area contributed by atoms with Crippen LogP contribution in [0.3, 0.4) is 0 Å². The summed E-state index contributed by atoms with van der Waals surface area (Å²) in [6.07, 6.45) is 8.17. The molecule has 128 valence electrons. The van der Waals surface area contributed by atoms with Crippen LogP contribution in [0.4, 0.5) is 5.13 Å². The van der Waals surface area contributed by atoms with Gasteiger partial charge >= 0.3 is 0 Å². The van der Waals surface area contributed by atoms with E-state index in [9.17, 15) is 4.79 Å². The van der Waals surface area contributed by atoms with Gasteiger partial charge in [0.25, 0.3) is 5.56 Å². The maximum absolute atomic E-state index is 12.6. The number of anilines is 1. The molecule has 5 heteroatoms. The summed E-state index contributed by atoms with van der Waals surface area (Å²) in [5.74, 6) is 0. The quantitative estimate of drug-likeness (QED) is 0.845. The highest BCUT2D eigenvalue weighted by Gasteiger charge is 2.29. The molecular formula is C18H29N3OS. The van der Waals surface area contributed by atoms with Gasteiger partial charge in [0.05, 0.1) is 0 Å². The largest absolute Gasteiger partial charge is 0.281 e. The number of fused-ring (bicyclic) bond motifs is 1. The monoisotopic (exact) mass is 335 g/mol. The van der Waals surface area contributed by atoms with Crippen LogP contribution in [0.2, 0.25) is 0 Å². The van der Waals surface area contributed by atoms with Crippen molar-refractivity contribution in [2.45, 2.75) is 65.7 Å². The molecule has 23 heavy (non-hydrogen) atoms. The van der Waals surface area contributed by atoms with E-state index in [1.807, 2.05) is 0 Å². The molecule has 4 nitrogen and oxygen atoms in total. The van der Waals surface area contributed by atoms with Crippen molar-refractivity contribution in [3.05, 3.63) is 20.8 Å². The Bertz CT molecular complexity index is 603. The van der Waals surface area contributed by atoms with Gasteiger partial charge in [-0.25, -0.2) is 5.01 Å². The Labute approximate surface area is 143 Å². The van der Waals surface area contributed by atoms with E-state index in [2.05, 4.69) is 35.8 Å². The lowest BCUT2D eigenvalue weighted by Gasteiger charge is -2.35. The molecule has 0 unspecified atom stereocenters. The Balaban J connectivity index is 1.90. The van der Waals surface area contributed by atoms with Crippen LogP contribution in [-0.2, 0) is 12.8 Å². The van der Waals surface area contributed by atoms with Gasteiger partial charge in [-0.1, -0.05) is 26.7 Å². The van der Waals surface area contributed by atoms with Crippen LogP contribution in [0.1, 0.15) is 63.3 Å². The van der Waals surface area contributed by atoms with Gasteiger partial charge < -0.3 is 0 Å². The first-order valence-electron chi connectivity index (χ1n) is 9.05. The Hall–Kier alpha value is -0.940. The molecule has 1 aromatic rings. The first-order valence-corrected chi connectivity index (χ1v) is 9.87. The average Bonchev–Trinajstić information content (AvgIpc) is 2.78. The number of rotatable bonds is 3. The molecule has 0 saturated carbocycles. The second-order valence-corrected chi connectivity index (χ2v) is 8.69. The van der Waals surface area contributed by atoms with Gasteiger partial charge in [-0.3, -0.25) is 9.80 Å². The molecule has 0 radical (unpaired) electrons. The average molecular weight is 336 g/mol.